The molecule has 0 aliphatic carbocycles. The summed E-state index contributed by atoms with van der Waals surface area (Å²) >= 11 is 13.5. The number of rotatable bonds is 8. The van der Waals surface area contributed by atoms with Gasteiger partial charge in [-0.15, -0.1) is 0 Å². The van der Waals surface area contributed by atoms with Gasteiger partial charge in [-0.05, 0) is 73.0 Å². The van der Waals surface area contributed by atoms with E-state index < -0.39 is 9.84 Å². The SMILES string of the molecule is Cc1c(Cl)ccc2sc(N(Cc3ccncc3)C(=O)CCCS(=O)(=O)c3ccc(Cl)cc3)nc12. The van der Waals surface area contributed by atoms with Crippen LogP contribution in [0.15, 0.2) is 65.8 Å². The summed E-state index contributed by atoms with van der Waals surface area (Å²) in [6.45, 7) is 2.20. The molecule has 10 heteroatoms. The van der Waals surface area contributed by atoms with Crippen molar-refractivity contribution in [3.05, 3.63) is 82.1 Å². The van der Waals surface area contributed by atoms with Gasteiger partial charge in [0.25, 0.3) is 0 Å². The normalized spacial score (nSPS) is 11.6. The Balaban J connectivity index is 1.55. The summed E-state index contributed by atoms with van der Waals surface area (Å²) < 4.78 is 26.2. The van der Waals surface area contributed by atoms with E-state index in [1.165, 1.54) is 35.6 Å². The third-order valence-corrected chi connectivity index (χ3v) is 8.86. The van der Waals surface area contributed by atoms with Crippen LogP contribution in [0.1, 0.15) is 24.0 Å². The van der Waals surface area contributed by atoms with Crippen LogP contribution < -0.4 is 4.90 Å². The van der Waals surface area contributed by atoms with E-state index in [-0.39, 0.29) is 29.4 Å². The number of hydrogen-bond donors (Lipinski definition) is 0. The lowest BCUT2D eigenvalue weighted by atomic mass is 10.2. The minimum absolute atomic E-state index is 0.0631. The van der Waals surface area contributed by atoms with Crippen molar-refractivity contribution in [3.63, 3.8) is 0 Å². The number of fused-ring (bicyclic) bond motifs is 1. The lowest BCUT2D eigenvalue weighted by Gasteiger charge is -2.20. The van der Waals surface area contributed by atoms with E-state index in [1.54, 1.807) is 17.3 Å². The van der Waals surface area contributed by atoms with Gasteiger partial charge >= 0.3 is 0 Å². The maximum Gasteiger partial charge on any atom is 0.229 e. The number of halogens is 2. The number of pyridine rings is 1. The number of carbonyl (C=O) groups is 1. The van der Waals surface area contributed by atoms with Crippen molar-refractivity contribution < 1.29 is 13.2 Å². The summed E-state index contributed by atoms with van der Waals surface area (Å²) in [6.07, 6.45) is 3.58. The minimum Gasteiger partial charge on any atom is -0.284 e. The van der Waals surface area contributed by atoms with E-state index in [0.717, 1.165) is 21.3 Å². The summed E-state index contributed by atoms with van der Waals surface area (Å²) in [5.74, 6) is -0.344. The molecule has 0 saturated heterocycles. The zero-order valence-corrected chi connectivity index (χ0v) is 21.4. The van der Waals surface area contributed by atoms with E-state index in [0.29, 0.717) is 21.7 Å². The molecule has 4 rings (SSSR count). The highest BCUT2D eigenvalue weighted by Crippen LogP contribution is 2.34. The zero-order chi connectivity index (χ0) is 24.3. The number of benzene rings is 2. The highest BCUT2D eigenvalue weighted by molar-refractivity contribution is 7.91. The molecule has 0 saturated carbocycles. The molecule has 2 aromatic heterocycles. The van der Waals surface area contributed by atoms with Crippen molar-refractivity contribution in [1.82, 2.24) is 9.97 Å². The Bertz CT molecular complexity index is 1420. The summed E-state index contributed by atoms with van der Waals surface area (Å²) in [7, 11) is -3.52. The second-order valence-corrected chi connectivity index (χ2v) is 11.7. The van der Waals surface area contributed by atoms with Gasteiger partial charge in [-0.2, -0.15) is 0 Å². The third kappa shape index (κ3) is 5.58. The van der Waals surface area contributed by atoms with E-state index >= 15 is 0 Å². The number of amides is 1. The molecule has 0 spiro atoms. The molecule has 0 radical (unpaired) electrons. The molecular weight excluding hydrogens is 513 g/mol. The molecule has 176 valence electrons. The first-order valence-electron chi connectivity index (χ1n) is 10.5. The summed E-state index contributed by atoms with van der Waals surface area (Å²) in [5.41, 5.74) is 2.50. The Morgan fingerprint density at radius 3 is 2.44 bits per heavy atom. The Hall–Kier alpha value is -2.52. The lowest BCUT2D eigenvalue weighted by Crippen LogP contribution is -2.30. The largest absolute Gasteiger partial charge is 0.284 e. The fraction of sp³-hybridized carbons (Fsp3) is 0.208. The number of sulfone groups is 1. The van der Waals surface area contributed by atoms with Crippen molar-refractivity contribution in [2.24, 2.45) is 0 Å². The second-order valence-electron chi connectivity index (χ2n) is 7.73. The van der Waals surface area contributed by atoms with Gasteiger partial charge in [0.2, 0.25) is 5.91 Å². The molecule has 0 fully saturated rings. The molecule has 6 nitrogen and oxygen atoms in total. The number of hydrogen-bond acceptors (Lipinski definition) is 6. The molecule has 4 aromatic rings. The molecule has 34 heavy (non-hydrogen) atoms. The smallest absolute Gasteiger partial charge is 0.229 e. The van der Waals surface area contributed by atoms with Crippen LogP contribution >= 0.6 is 34.5 Å². The van der Waals surface area contributed by atoms with E-state index in [2.05, 4.69) is 4.98 Å². The van der Waals surface area contributed by atoms with Crippen LogP contribution in [0.2, 0.25) is 10.0 Å². The van der Waals surface area contributed by atoms with Gasteiger partial charge in [0, 0.05) is 28.9 Å². The molecule has 2 aromatic carbocycles. The van der Waals surface area contributed by atoms with Crippen LogP contribution in [0.5, 0.6) is 0 Å². The van der Waals surface area contributed by atoms with Crippen molar-refractivity contribution in [3.8, 4) is 0 Å². The first kappa shape index (κ1) is 24.6. The van der Waals surface area contributed by atoms with E-state index in [4.69, 9.17) is 28.2 Å². The fourth-order valence-electron chi connectivity index (χ4n) is 3.45. The van der Waals surface area contributed by atoms with Gasteiger partial charge in [-0.3, -0.25) is 14.7 Å². The van der Waals surface area contributed by atoms with Gasteiger partial charge in [-0.1, -0.05) is 34.5 Å². The molecule has 2 heterocycles. The molecule has 0 aliphatic heterocycles. The number of aromatic nitrogens is 2. The molecular formula is C24H21Cl2N3O3S2. The van der Waals surface area contributed by atoms with Crippen molar-refractivity contribution >= 4 is 65.6 Å². The number of carbonyl (C=O) groups excluding carboxylic acids is 1. The maximum absolute atomic E-state index is 13.3. The Morgan fingerprint density at radius 2 is 1.74 bits per heavy atom. The van der Waals surface area contributed by atoms with Gasteiger partial charge in [0.05, 0.1) is 27.4 Å². The monoisotopic (exact) mass is 533 g/mol. The Kier molecular flexibility index (Phi) is 7.52. The Labute approximate surface area is 212 Å². The molecule has 0 N–H and O–H groups in total. The average Bonchev–Trinajstić information content (AvgIpc) is 3.25. The molecule has 0 aliphatic rings. The molecule has 1 amide bonds. The number of thiazole rings is 1. The molecule has 0 bridgehead atoms. The average molecular weight is 534 g/mol. The van der Waals surface area contributed by atoms with Crippen LogP contribution in [-0.2, 0) is 21.2 Å². The highest BCUT2D eigenvalue weighted by Gasteiger charge is 2.22. The predicted molar refractivity (Wildman–Crippen MR) is 138 cm³/mol. The highest BCUT2D eigenvalue weighted by atomic mass is 35.5. The van der Waals surface area contributed by atoms with Crippen molar-refractivity contribution in [1.29, 1.82) is 0 Å². The van der Waals surface area contributed by atoms with Crippen molar-refractivity contribution in [2.45, 2.75) is 31.2 Å². The van der Waals surface area contributed by atoms with Crippen LogP contribution in [0, 0.1) is 6.92 Å². The first-order chi connectivity index (χ1) is 16.2. The van der Waals surface area contributed by atoms with Crippen LogP contribution in [0.4, 0.5) is 5.13 Å². The number of aryl methyl sites for hydroxylation is 1. The Morgan fingerprint density at radius 1 is 1.03 bits per heavy atom. The van der Waals surface area contributed by atoms with Crippen LogP contribution in [0.25, 0.3) is 10.2 Å². The topological polar surface area (TPSA) is 80.2 Å². The van der Waals surface area contributed by atoms with Crippen LogP contribution in [0.3, 0.4) is 0 Å². The minimum atomic E-state index is -3.52. The second kappa shape index (κ2) is 10.4. The fourth-order valence-corrected chi connectivity index (χ4v) is 6.08. The predicted octanol–water partition coefficient (Wildman–Crippen LogP) is 6.09. The maximum atomic E-state index is 13.3. The van der Waals surface area contributed by atoms with E-state index in [1.807, 2.05) is 31.2 Å². The molecule has 0 atom stereocenters. The summed E-state index contributed by atoms with van der Waals surface area (Å²) in [4.78, 5) is 23.8. The zero-order valence-electron chi connectivity index (χ0n) is 18.2. The lowest BCUT2D eigenvalue weighted by molar-refractivity contribution is -0.118. The third-order valence-electron chi connectivity index (χ3n) is 5.34. The summed E-state index contributed by atoms with van der Waals surface area (Å²) in [5, 5.41) is 1.62. The quantitative estimate of drug-likeness (QED) is 0.273. The summed E-state index contributed by atoms with van der Waals surface area (Å²) in [6, 6.07) is 13.4. The number of anilines is 1. The first-order valence-corrected chi connectivity index (χ1v) is 13.7. The van der Waals surface area contributed by atoms with E-state index in [9.17, 15) is 13.2 Å². The van der Waals surface area contributed by atoms with Gasteiger partial charge in [0.1, 0.15) is 0 Å². The van der Waals surface area contributed by atoms with Gasteiger partial charge in [-0.25, -0.2) is 13.4 Å². The van der Waals surface area contributed by atoms with Gasteiger partial charge in [0.15, 0.2) is 15.0 Å². The molecule has 0 unspecified atom stereocenters. The van der Waals surface area contributed by atoms with Crippen molar-refractivity contribution in [2.75, 3.05) is 10.7 Å². The number of nitrogens with zero attached hydrogens (tertiary/aromatic N) is 3. The van der Waals surface area contributed by atoms with Gasteiger partial charge < -0.3 is 0 Å². The van der Waals surface area contributed by atoms with Crippen LogP contribution in [-0.4, -0.2) is 30.0 Å². The standard InChI is InChI=1S/C24H21Cl2N3O3S2/c1-16-20(26)8-9-21-23(16)28-24(33-21)29(15-17-10-12-27-13-11-17)22(30)3-2-14-34(31,32)19-6-4-18(25)5-7-19/h4-13H,2-3,14-15H2,1H3.